The highest BCUT2D eigenvalue weighted by molar-refractivity contribution is 6.16. The van der Waals surface area contributed by atoms with Gasteiger partial charge in [-0.2, -0.15) is 0 Å². The lowest BCUT2D eigenvalue weighted by atomic mass is 10.1. The maximum absolute atomic E-state index is 13.2. The number of carbonyl (C=O) groups excluding carboxylic acids is 3. The molecule has 3 aromatic rings. The highest BCUT2D eigenvalue weighted by Gasteiger charge is 2.30. The summed E-state index contributed by atoms with van der Waals surface area (Å²) in [6, 6.07) is 8.10. The number of carbonyl (C=O) groups is 3. The lowest BCUT2D eigenvalue weighted by molar-refractivity contribution is 0.0953. The molecule has 0 aliphatic carbocycles. The second kappa shape index (κ2) is 7.31. The molecule has 1 aliphatic heterocycles. The zero-order chi connectivity index (χ0) is 20.5. The lowest BCUT2D eigenvalue weighted by Gasteiger charge is -2.24. The molecule has 1 aromatic carbocycles. The molecule has 3 amide bonds. The van der Waals surface area contributed by atoms with Gasteiger partial charge in [-0.3, -0.25) is 14.4 Å². The summed E-state index contributed by atoms with van der Waals surface area (Å²) in [5, 5.41) is 5.59. The summed E-state index contributed by atoms with van der Waals surface area (Å²) in [5.74, 6) is -0.0500. The number of fused-ring (bicyclic) bond motifs is 1. The number of hydrogen-bond donors (Lipinski definition) is 2. The number of furan rings is 2. The second-order valence-electron chi connectivity index (χ2n) is 6.65. The maximum atomic E-state index is 13.2. The predicted molar refractivity (Wildman–Crippen MR) is 105 cm³/mol. The molecule has 29 heavy (non-hydrogen) atoms. The molecular weight excluding hydrogens is 374 g/mol. The van der Waals surface area contributed by atoms with Crippen molar-refractivity contribution in [2.75, 3.05) is 23.3 Å². The third-order valence-corrected chi connectivity index (χ3v) is 4.86. The van der Waals surface area contributed by atoms with Gasteiger partial charge in [-0.05, 0) is 38.1 Å². The first-order chi connectivity index (χ1) is 14.0. The number of para-hydroxylation sites is 1. The molecule has 0 bridgehead atoms. The Labute approximate surface area is 166 Å². The fraction of sp³-hybridized carbons (Fsp3) is 0.190. The smallest absolute Gasteiger partial charge is 0.261 e. The van der Waals surface area contributed by atoms with Crippen LogP contribution in [0.1, 0.15) is 42.6 Å². The van der Waals surface area contributed by atoms with Crippen LogP contribution in [0.2, 0.25) is 0 Å². The lowest BCUT2D eigenvalue weighted by Crippen LogP contribution is -2.35. The Bertz CT molecular complexity index is 1110. The van der Waals surface area contributed by atoms with E-state index in [0.717, 1.165) is 0 Å². The van der Waals surface area contributed by atoms with Gasteiger partial charge >= 0.3 is 0 Å². The first-order valence-electron chi connectivity index (χ1n) is 9.10. The SMILES string of the molecule is Cc1occc1C(=O)Nc1cccc2c1N(C(=O)c1ccoc1C)CCNC2=O. The first kappa shape index (κ1) is 18.5. The van der Waals surface area contributed by atoms with Crippen molar-refractivity contribution in [2.24, 2.45) is 0 Å². The van der Waals surface area contributed by atoms with Gasteiger partial charge in [-0.15, -0.1) is 0 Å². The Kier molecular flexibility index (Phi) is 4.67. The zero-order valence-electron chi connectivity index (χ0n) is 15.9. The van der Waals surface area contributed by atoms with Crippen LogP contribution in [0.3, 0.4) is 0 Å². The maximum Gasteiger partial charge on any atom is 0.261 e. The quantitative estimate of drug-likeness (QED) is 0.711. The van der Waals surface area contributed by atoms with Crippen molar-refractivity contribution in [1.82, 2.24) is 5.32 Å². The number of rotatable bonds is 3. The van der Waals surface area contributed by atoms with Gasteiger partial charge in [0, 0.05) is 13.1 Å². The van der Waals surface area contributed by atoms with Gasteiger partial charge in [0.25, 0.3) is 17.7 Å². The number of hydrogen-bond acceptors (Lipinski definition) is 5. The standard InChI is InChI=1S/C21H19N3O5/c1-12-14(6-10-28-12)20(26)23-17-5-3-4-16-18(17)24(9-8-22-19(16)25)21(27)15-7-11-29-13(15)2/h3-7,10-11H,8-9H2,1-2H3,(H,22,25)(H,23,26). The van der Waals surface area contributed by atoms with Crippen LogP contribution in [-0.4, -0.2) is 30.8 Å². The fourth-order valence-corrected chi connectivity index (χ4v) is 3.37. The monoisotopic (exact) mass is 393 g/mol. The number of nitrogens with one attached hydrogen (secondary N) is 2. The van der Waals surface area contributed by atoms with Crippen molar-refractivity contribution >= 4 is 29.1 Å². The molecule has 0 atom stereocenters. The number of anilines is 2. The molecule has 8 heteroatoms. The summed E-state index contributed by atoms with van der Waals surface area (Å²) < 4.78 is 10.5. The van der Waals surface area contributed by atoms with Crippen molar-refractivity contribution in [1.29, 1.82) is 0 Å². The van der Waals surface area contributed by atoms with Gasteiger partial charge in [-0.1, -0.05) is 6.07 Å². The van der Waals surface area contributed by atoms with Crippen LogP contribution in [0, 0.1) is 13.8 Å². The summed E-state index contributed by atoms with van der Waals surface area (Å²) in [5.41, 5.74) is 1.79. The van der Waals surface area contributed by atoms with Gasteiger partial charge < -0.3 is 24.4 Å². The second-order valence-corrected chi connectivity index (χ2v) is 6.65. The highest BCUT2D eigenvalue weighted by atomic mass is 16.3. The van der Waals surface area contributed by atoms with E-state index in [-0.39, 0.29) is 30.8 Å². The minimum Gasteiger partial charge on any atom is -0.469 e. The van der Waals surface area contributed by atoms with E-state index in [1.54, 1.807) is 44.2 Å². The van der Waals surface area contributed by atoms with E-state index in [1.165, 1.54) is 17.4 Å². The minimum atomic E-state index is -0.388. The topological polar surface area (TPSA) is 105 Å². The van der Waals surface area contributed by atoms with Crippen molar-refractivity contribution in [3.05, 3.63) is 71.1 Å². The molecular formula is C21H19N3O5. The van der Waals surface area contributed by atoms with Crippen LogP contribution in [0.5, 0.6) is 0 Å². The van der Waals surface area contributed by atoms with Crippen molar-refractivity contribution in [2.45, 2.75) is 13.8 Å². The van der Waals surface area contributed by atoms with E-state index < -0.39 is 0 Å². The summed E-state index contributed by atoms with van der Waals surface area (Å²) in [4.78, 5) is 40.0. The number of benzene rings is 1. The number of amides is 3. The molecule has 2 N–H and O–H groups in total. The number of nitrogens with zero attached hydrogens (tertiary/aromatic N) is 1. The summed E-state index contributed by atoms with van der Waals surface area (Å²) >= 11 is 0. The van der Waals surface area contributed by atoms with Crippen molar-refractivity contribution in [3.8, 4) is 0 Å². The molecule has 0 unspecified atom stereocenters. The molecule has 148 valence electrons. The van der Waals surface area contributed by atoms with Gasteiger partial charge in [0.1, 0.15) is 11.5 Å². The number of aryl methyl sites for hydroxylation is 2. The van der Waals surface area contributed by atoms with E-state index in [9.17, 15) is 14.4 Å². The average molecular weight is 393 g/mol. The van der Waals surface area contributed by atoms with Crippen LogP contribution in [0.4, 0.5) is 11.4 Å². The molecule has 0 radical (unpaired) electrons. The van der Waals surface area contributed by atoms with Crippen LogP contribution >= 0.6 is 0 Å². The summed E-state index contributed by atoms with van der Waals surface area (Å²) in [7, 11) is 0. The van der Waals surface area contributed by atoms with Crippen LogP contribution in [0.15, 0.2) is 51.7 Å². The van der Waals surface area contributed by atoms with E-state index in [1.807, 2.05) is 0 Å². The molecule has 8 nitrogen and oxygen atoms in total. The Hall–Kier alpha value is -3.81. The Morgan fingerprint density at radius 2 is 1.72 bits per heavy atom. The molecule has 2 aromatic heterocycles. The van der Waals surface area contributed by atoms with Gasteiger partial charge in [-0.25, -0.2) is 0 Å². The van der Waals surface area contributed by atoms with E-state index in [2.05, 4.69) is 10.6 Å². The molecule has 4 rings (SSSR count). The Balaban J connectivity index is 1.79. The highest BCUT2D eigenvalue weighted by Crippen LogP contribution is 2.33. The van der Waals surface area contributed by atoms with E-state index >= 15 is 0 Å². The van der Waals surface area contributed by atoms with Gasteiger partial charge in [0.2, 0.25) is 0 Å². The van der Waals surface area contributed by atoms with Crippen molar-refractivity contribution < 1.29 is 23.2 Å². The van der Waals surface area contributed by atoms with Crippen molar-refractivity contribution in [3.63, 3.8) is 0 Å². The van der Waals surface area contributed by atoms with Gasteiger partial charge in [0.15, 0.2) is 0 Å². The average Bonchev–Trinajstić information content (AvgIpc) is 3.28. The van der Waals surface area contributed by atoms with E-state index in [0.29, 0.717) is 39.6 Å². The Morgan fingerprint density at radius 1 is 1.03 bits per heavy atom. The third kappa shape index (κ3) is 3.29. The molecule has 0 saturated heterocycles. The minimum absolute atomic E-state index is 0.250. The third-order valence-electron chi connectivity index (χ3n) is 4.86. The normalized spacial score (nSPS) is 13.4. The van der Waals surface area contributed by atoms with Crippen LogP contribution in [0.25, 0.3) is 0 Å². The summed E-state index contributed by atoms with van der Waals surface area (Å²) in [6.45, 7) is 3.92. The molecule has 1 aliphatic rings. The fourth-order valence-electron chi connectivity index (χ4n) is 3.37. The first-order valence-corrected chi connectivity index (χ1v) is 9.10. The zero-order valence-corrected chi connectivity index (χ0v) is 15.9. The van der Waals surface area contributed by atoms with Crippen LogP contribution in [-0.2, 0) is 0 Å². The van der Waals surface area contributed by atoms with Gasteiger partial charge in [0.05, 0.1) is 40.6 Å². The summed E-state index contributed by atoms with van der Waals surface area (Å²) in [6.07, 6.45) is 2.88. The molecule has 3 heterocycles. The molecule has 0 fully saturated rings. The largest absolute Gasteiger partial charge is 0.469 e. The van der Waals surface area contributed by atoms with E-state index in [4.69, 9.17) is 8.83 Å². The molecule has 0 saturated carbocycles. The predicted octanol–water partition coefficient (Wildman–Crippen LogP) is 3.13. The molecule has 0 spiro atoms. The Morgan fingerprint density at radius 3 is 2.38 bits per heavy atom. The van der Waals surface area contributed by atoms with Crippen LogP contribution < -0.4 is 15.5 Å².